The second kappa shape index (κ2) is 6.75. The zero-order valence-electron chi connectivity index (χ0n) is 13.3. The Morgan fingerprint density at radius 1 is 1.17 bits per heavy atom. The lowest BCUT2D eigenvalue weighted by Crippen LogP contribution is -2.04. The molecule has 0 aliphatic heterocycles. The van der Waals surface area contributed by atoms with Crippen LogP contribution in [0, 0.1) is 13.8 Å². The van der Waals surface area contributed by atoms with Crippen molar-refractivity contribution in [3.05, 3.63) is 68.5 Å². The van der Waals surface area contributed by atoms with Gasteiger partial charge in [-0.25, -0.2) is 4.98 Å². The summed E-state index contributed by atoms with van der Waals surface area (Å²) in [4.78, 5) is 17.5. The van der Waals surface area contributed by atoms with Gasteiger partial charge in [-0.05, 0) is 43.7 Å². The van der Waals surface area contributed by atoms with Crippen LogP contribution in [0.5, 0.6) is 0 Å². The summed E-state index contributed by atoms with van der Waals surface area (Å²) >= 11 is 4.66. The van der Waals surface area contributed by atoms with E-state index in [4.69, 9.17) is 5.73 Å². The molecule has 0 saturated heterocycles. The SMILES string of the molecule is Cc1ccc(C(=O)c2sc(Nc3ccc(Br)cc3)nc2N)c(C)c1. The summed E-state index contributed by atoms with van der Waals surface area (Å²) in [7, 11) is 0. The van der Waals surface area contributed by atoms with Crippen LogP contribution in [0.3, 0.4) is 0 Å². The molecule has 0 fully saturated rings. The third kappa shape index (κ3) is 3.49. The minimum absolute atomic E-state index is 0.0913. The number of nitrogens with two attached hydrogens (primary N) is 1. The molecular formula is C18H16BrN3OS. The molecular weight excluding hydrogens is 386 g/mol. The molecule has 0 amide bonds. The van der Waals surface area contributed by atoms with Crippen LogP contribution in [-0.2, 0) is 0 Å². The van der Waals surface area contributed by atoms with Crippen LogP contribution in [0.15, 0.2) is 46.9 Å². The maximum absolute atomic E-state index is 12.8. The van der Waals surface area contributed by atoms with Crippen molar-refractivity contribution in [2.24, 2.45) is 0 Å². The number of carbonyl (C=O) groups is 1. The Morgan fingerprint density at radius 2 is 1.88 bits per heavy atom. The number of nitrogens with one attached hydrogen (secondary N) is 1. The molecule has 0 unspecified atom stereocenters. The average molecular weight is 402 g/mol. The van der Waals surface area contributed by atoms with E-state index in [9.17, 15) is 4.79 Å². The number of thiazole rings is 1. The monoisotopic (exact) mass is 401 g/mol. The normalized spacial score (nSPS) is 10.6. The number of aryl methyl sites for hydroxylation is 2. The van der Waals surface area contributed by atoms with E-state index in [0.717, 1.165) is 21.3 Å². The number of anilines is 3. The summed E-state index contributed by atoms with van der Waals surface area (Å²) in [6.07, 6.45) is 0. The Bertz CT molecular complexity index is 903. The Labute approximate surface area is 152 Å². The third-order valence-electron chi connectivity index (χ3n) is 3.58. The van der Waals surface area contributed by atoms with Crippen molar-refractivity contribution < 1.29 is 4.79 Å². The first-order valence-electron chi connectivity index (χ1n) is 7.35. The largest absolute Gasteiger partial charge is 0.382 e. The highest BCUT2D eigenvalue weighted by Gasteiger charge is 2.19. The van der Waals surface area contributed by atoms with Gasteiger partial charge in [-0.15, -0.1) is 0 Å². The number of hydrogen-bond acceptors (Lipinski definition) is 5. The Morgan fingerprint density at radius 3 is 2.54 bits per heavy atom. The van der Waals surface area contributed by atoms with Crippen LogP contribution in [0.25, 0.3) is 0 Å². The second-order valence-corrected chi connectivity index (χ2v) is 7.43. The smallest absolute Gasteiger partial charge is 0.207 e. The van der Waals surface area contributed by atoms with Gasteiger partial charge in [0.05, 0.1) is 0 Å². The fourth-order valence-corrected chi connectivity index (χ4v) is 3.52. The van der Waals surface area contributed by atoms with Crippen LogP contribution in [0.2, 0.25) is 0 Å². The molecule has 0 spiro atoms. The number of nitrogens with zero attached hydrogens (tertiary/aromatic N) is 1. The molecule has 4 nitrogen and oxygen atoms in total. The van der Waals surface area contributed by atoms with Crippen LogP contribution in [0.1, 0.15) is 26.4 Å². The van der Waals surface area contributed by atoms with E-state index < -0.39 is 0 Å². The average Bonchev–Trinajstić information content (AvgIpc) is 2.89. The first-order chi connectivity index (χ1) is 11.4. The van der Waals surface area contributed by atoms with Gasteiger partial charge in [0.1, 0.15) is 10.7 Å². The van der Waals surface area contributed by atoms with Crippen LogP contribution < -0.4 is 11.1 Å². The number of aromatic nitrogens is 1. The number of halogens is 1. The maximum Gasteiger partial charge on any atom is 0.207 e. The molecule has 0 aliphatic rings. The first kappa shape index (κ1) is 16.7. The third-order valence-corrected chi connectivity index (χ3v) is 5.10. The Kier molecular flexibility index (Phi) is 4.69. The lowest BCUT2D eigenvalue weighted by Gasteiger charge is -2.04. The van der Waals surface area contributed by atoms with Crippen molar-refractivity contribution in [3.8, 4) is 0 Å². The first-order valence-corrected chi connectivity index (χ1v) is 8.96. The summed E-state index contributed by atoms with van der Waals surface area (Å²) < 4.78 is 0.998. The van der Waals surface area contributed by atoms with E-state index in [1.54, 1.807) is 0 Å². The van der Waals surface area contributed by atoms with Crippen LogP contribution >= 0.6 is 27.3 Å². The van der Waals surface area contributed by atoms with Gasteiger partial charge in [0, 0.05) is 15.7 Å². The van der Waals surface area contributed by atoms with Crippen molar-refractivity contribution in [2.45, 2.75) is 13.8 Å². The van der Waals surface area contributed by atoms with E-state index in [2.05, 4.69) is 26.2 Å². The lowest BCUT2D eigenvalue weighted by molar-refractivity contribution is 0.104. The lowest BCUT2D eigenvalue weighted by atomic mass is 10.0. The molecule has 3 aromatic rings. The number of rotatable bonds is 4. The quantitative estimate of drug-likeness (QED) is 0.598. The fraction of sp³-hybridized carbons (Fsp3) is 0.111. The zero-order chi connectivity index (χ0) is 17.3. The molecule has 3 N–H and O–H groups in total. The van der Waals surface area contributed by atoms with E-state index in [1.807, 2.05) is 56.3 Å². The summed E-state index contributed by atoms with van der Waals surface area (Å²) in [6.45, 7) is 3.93. The van der Waals surface area contributed by atoms with E-state index in [1.165, 1.54) is 11.3 Å². The molecule has 6 heteroatoms. The van der Waals surface area contributed by atoms with Gasteiger partial charge in [0.15, 0.2) is 5.13 Å². The highest BCUT2D eigenvalue weighted by atomic mass is 79.9. The van der Waals surface area contributed by atoms with E-state index in [-0.39, 0.29) is 11.6 Å². The molecule has 122 valence electrons. The van der Waals surface area contributed by atoms with Crippen LogP contribution in [-0.4, -0.2) is 10.8 Å². The summed E-state index contributed by atoms with van der Waals surface area (Å²) in [5.41, 5.74) is 9.58. The Balaban J connectivity index is 1.88. The predicted molar refractivity (Wildman–Crippen MR) is 103 cm³/mol. The number of carbonyl (C=O) groups excluding carboxylic acids is 1. The molecule has 0 saturated carbocycles. The van der Waals surface area contributed by atoms with Crippen molar-refractivity contribution in [1.29, 1.82) is 0 Å². The van der Waals surface area contributed by atoms with Crippen molar-refractivity contribution >= 4 is 49.7 Å². The number of nitrogen functional groups attached to an aromatic ring is 1. The standard InChI is InChI=1S/C18H16BrN3OS/c1-10-3-8-14(11(2)9-10)15(23)16-17(20)22-18(24-16)21-13-6-4-12(19)5-7-13/h3-9H,20H2,1-2H3,(H,21,22). The van der Waals surface area contributed by atoms with Gasteiger partial charge in [0.2, 0.25) is 5.78 Å². The van der Waals surface area contributed by atoms with Crippen molar-refractivity contribution in [3.63, 3.8) is 0 Å². The second-order valence-electron chi connectivity index (χ2n) is 5.51. The van der Waals surface area contributed by atoms with Gasteiger partial charge >= 0.3 is 0 Å². The number of hydrogen-bond donors (Lipinski definition) is 2. The fourth-order valence-electron chi connectivity index (χ4n) is 2.40. The zero-order valence-corrected chi connectivity index (χ0v) is 15.7. The summed E-state index contributed by atoms with van der Waals surface area (Å²) in [5.74, 6) is 0.163. The minimum atomic E-state index is -0.0913. The van der Waals surface area contributed by atoms with Gasteiger partial charge in [-0.1, -0.05) is 51.0 Å². The molecule has 0 bridgehead atoms. The molecule has 0 atom stereocenters. The molecule has 1 aromatic heterocycles. The van der Waals surface area contributed by atoms with Gasteiger partial charge in [-0.3, -0.25) is 4.79 Å². The van der Waals surface area contributed by atoms with E-state index >= 15 is 0 Å². The highest BCUT2D eigenvalue weighted by Crippen LogP contribution is 2.30. The van der Waals surface area contributed by atoms with Crippen molar-refractivity contribution in [1.82, 2.24) is 4.98 Å². The van der Waals surface area contributed by atoms with Gasteiger partial charge < -0.3 is 11.1 Å². The number of ketones is 1. The predicted octanol–water partition coefficient (Wildman–Crippen LogP) is 5.08. The maximum atomic E-state index is 12.8. The molecule has 0 aliphatic carbocycles. The van der Waals surface area contributed by atoms with Crippen LogP contribution in [0.4, 0.5) is 16.6 Å². The number of benzene rings is 2. The van der Waals surface area contributed by atoms with Crippen molar-refractivity contribution in [2.75, 3.05) is 11.1 Å². The molecule has 2 aromatic carbocycles. The molecule has 1 heterocycles. The van der Waals surface area contributed by atoms with Gasteiger partial charge in [0.25, 0.3) is 0 Å². The minimum Gasteiger partial charge on any atom is -0.382 e. The Hall–Kier alpha value is -2.18. The highest BCUT2D eigenvalue weighted by molar-refractivity contribution is 9.10. The van der Waals surface area contributed by atoms with Gasteiger partial charge in [-0.2, -0.15) is 0 Å². The topological polar surface area (TPSA) is 68.0 Å². The molecule has 0 radical (unpaired) electrons. The molecule has 3 rings (SSSR count). The summed E-state index contributed by atoms with van der Waals surface area (Å²) in [6, 6.07) is 13.5. The summed E-state index contributed by atoms with van der Waals surface area (Å²) in [5, 5.41) is 3.78. The molecule has 24 heavy (non-hydrogen) atoms. The van der Waals surface area contributed by atoms with E-state index in [0.29, 0.717) is 15.6 Å².